The lowest BCUT2D eigenvalue weighted by molar-refractivity contribution is -0.136. The van der Waals surface area contributed by atoms with Crippen LogP contribution >= 0.6 is 0 Å². The third kappa shape index (κ3) is 3.71. The molecule has 114 valence electrons. The van der Waals surface area contributed by atoms with E-state index in [1.165, 1.54) is 0 Å². The fraction of sp³-hybridized carbons (Fsp3) is 0.846. The molecule has 2 saturated heterocycles. The van der Waals surface area contributed by atoms with E-state index in [-0.39, 0.29) is 35.3 Å². The predicted molar refractivity (Wildman–Crippen MR) is 74.8 cm³/mol. The van der Waals surface area contributed by atoms with Gasteiger partial charge in [0.1, 0.15) is 0 Å². The van der Waals surface area contributed by atoms with Gasteiger partial charge in [-0.15, -0.1) is 0 Å². The zero-order valence-corrected chi connectivity index (χ0v) is 12.6. The zero-order chi connectivity index (χ0) is 14.8. The van der Waals surface area contributed by atoms with E-state index in [4.69, 9.17) is 0 Å². The van der Waals surface area contributed by atoms with E-state index in [1.807, 2.05) is 0 Å². The van der Waals surface area contributed by atoms with E-state index in [9.17, 15) is 18.0 Å². The van der Waals surface area contributed by atoms with Gasteiger partial charge in [-0.05, 0) is 19.3 Å². The molecule has 2 fully saturated rings. The lowest BCUT2D eigenvalue weighted by atomic mass is 10.0. The van der Waals surface area contributed by atoms with Crippen LogP contribution in [0.4, 0.5) is 0 Å². The van der Waals surface area contributed by atoms with Crippen LogP contribution < -0.4 is 5.32 Å². The molecule has 2 heterocycles. The van der Waals surface area contributed by atoms with Gasteiger partial charge in [0.05, 0.1) is 17.4 Å². The summed E-state index contributed by atoms with van der Waals surface area (Å²) in [5, 5.41) is 2.91. The highest BCUT2D eigenvalue weighted by molar-refractivity contribution is 7.91. The van der Waals surface area contributed by atoms with Crippen LogP contribution in [-0.4, -0.2) is 55.8 Å². The molecule has 0 aromatic carbocycles. The molecular weight excluding hydrogens is 280 g/mol. The SMILES string of the molecule is CCC(=O)N[C@H]1CCCN(C(=O)[C@H]2CCS(=O)(=O)C2)C1. The lowest BCUT2D eigenvalue weighted by Gasteiger charge is -2.34. The van der Waals surface area contributed by atoms with Crippen molar-refractivity contribution < 1.29 is 18.0 Å². The number of rotatable bonds is 3. The maximum atomic E-state index is 12.3. The molecule has 7 heteroatoms. The third-order valence-electron chi connectivity index (χ3n) is 4.00. The van der Waals surface area contributed by atoms with E-state index < -0.39 is 9.84 Å². The summed E-state index contributed by atoms with van der Waals surface area (Å²) >= 11 is 0. The molecule has 0 aliphatic carbocycles. The van der Waals surface area contributed by atoms with E-state index in [1.54, 1.807) is 11.8 Å². The molecule has 0 aromatic rings. The van der Waals surface area contributed by atoms with Gasteiger partial charge in [-0.2, -0.15) is 0 Å². The van der Waals surface area contributed by atoms with E-state index in [2.05, 4.69) is 5.32 Å². The number of carbonyl (C=O) groups is 2. The van der Waals surface area contributed by atoms with Gasteiger partial charge < -0.3 is 10.2 Å². The predicted octanol–water partition coefficient (Wildman–Crippen LogP) is -0.0617. The number of hydrogen-bond donors (Lipinski definition) is 1. The first-order valence-corrected chi connectivity index (χ1v) is 9.02. The molecule has 2 amide bonds. The number of nitrogens with one attached hydrogen (secondary N) is 1. The standard InChI is InChI=1S/C13H22N2O4S/c1-2-12(16)14-11-4-3-6-15(8-11)13(17)10-5-7-20(18,19)9-10/h10-11H,2-9H2,1H3,(H,14,16)/t10-,11-/m0/s1. The van der Waals surface area contributed by atoms with Crippen LogP contribution in [0.3, 0.4) is 0 Å². The Labute approximate surface area is 119 Å². The molecule has 2 atom stereocenters. The maximum absolute atomic E-state index is 12.3. The summed E-state index contributed by atoms with van der Waals surface area (Å²) in [6.45, 7) is 2.96. The smallest absolute Gasteiger partial charge is 0.226 e. The van der Waals surface area contributed by atoms with Crippen LogP contribution in [0.1, 0.15) is 32.6 Å². The van der Waals surface area contributed by atoms with Crippen molar-refractivity contribution >= 4 is 21.7 Å². The molecule has 20 heavy (non-hydrogen) atoms. The minimum Gasteiger partial charge on any atom is -0.352 e. The number of likely N-dealkylation sites (tertiary alicyclic amines) is 1. The molecule has 0 bridgehead atoms. The second kappa shape index (κ2) is 6.11. The van der Waals surface area contributed by atoms with Gasteiger partial charge in [0.25, 0.3) is 0 Å². The Morgan fingerprint density at radius 2 is 2.05 bits per heavy atom. The number of nitrogens with zero attached hydrogens (tertiary/aromatic N) is 1. The van der Waals surface area contributed by atoms with E-state index in [0.717, 1.165) is 12.8 Å². The molecule has 0 aromatic heterocycles. The molecular formula is C13H22N2O4S. The minimum absolute atomic E-state index is 0.00170. The highest BCUT2D eigenvalue weighted by atomic mass is 32.2. The van der Waals surface area contributed by atoms with Gasteiger partial charge >= 0.3 is 0 Å². The summed E-state index contributed by atoms with van der Waals surface area (Å²) in [7, 11) is -3.03. The molecule has 0 spiro atoms. The Morgan fingerprint density at radius 3 is 2.65 bits per heavy atom. The van der Waals surface area contributed by atoms with Crippen molar-refractivity contribution in [3.8, 4) is 0 Å². The number of amides is 2. The van der Waals surface area contributed by atoms with Crippen molar-refractivity contribution in [2.45, 2.75) is 38.6 Å². The van der Waals surface area contributed by atoms with Gasteiger partial charge in [0, 0.05) is 25.6 Å². The Kier molecular flexibility index (Phi) is 4.67. The zero-order valence-electron chi connectivity index (χ0n) is 11.8. The lowest BCUT2D eigenvalue weighted by Crippen LogP contribution is -2.51. The first-order valence-electron chi connectivity index (χ1n) is 7.20. The van der Waals surface area contributed by atoms with Crippen molar-refractivity contribution in [2.75, 3.05) is 24.6 Å². The molecule has 1 N–H and O–H groups in total. The monoisotopic (exact) mass is 302 g/mol. The molecule has 2 rings (SSSR count). The van der Waals surface area contributed by atoms with Crippen molar-refractivity contribution in [3.05, 3.63) is 0 Å². The number of piperidine rings is 1. The van der Waals surface area contributed by atoms with Gasteiger partial charge in [-0.1, -0.05) is 6.92 Å². The maximum Gasteiger partial charge on any atom is 0.226 e. The Balaban J connectivity index is 1.92. The first kappa shape index (κ1) is 15.3. The molecule has 0 unspecified atom stereocenters. The fourth-order valence-electron chi connectivity index (χ4n) is 2.87. The Morgan fingerprint density at radius 1 is 1.30 bits per heavy atom. The van der Waals surface area contributed by atoms with Crippen molar-refractivity contribution in [3.63, 3.8) is 0 Å². The summed E-state index contributed by atoms with van der Waals surface area (Å²) in [4.78, 5) is 25.5. The summed E-state index contributed by atoms with van der Waals surface area (Å²) in [6.07, 6.45) is 2.59. The summed E-state index contributed by atoms with van der Waals surface area (Å²) in [5.74, 6) is -0.364. The van der Waals surface area contributed by atoms with Gasteiger partial charge in [-0.25, -0.2) is 8.42 Å². The quantitative estimate of drug-likeness (QED) is 0.791. The second-order valence-electron chi connectivity index (χ2n) is 5.64. The average Bonchev–Trinajstić information content (AvgIpc) is 2.78. The van der Waals surface area contributed by atoms with Gasteiger partial charge in [-0.3, -0.25) is 9.59 Å². The minimum atomic E-state index is -3.03. The highest BCUT2D eigenvalue weighted by Gasteiger charge is 2.36. The molecule has 0 saturated carbocycles. The fourth-order valence-corrected chi connectivity index (χ4v) is 4.61. The first-order chi connectivity index (χ1) is 9.41. The van der Waals surface area contributed by atoms with Crippen molar-refractivity contribution in [1.82, 2.24) is 10.2 Å². The number of hydrogen-bond acceptors (Lipinski definition) is 4. The van der Waals surface area contributed by atoms with Crippen LogP contribution in [0, 0.1) is 5.92 Å². The van der Waals surface area contributed by atoms with E-state index >= 15 is 0 Å². The summed E-state index contributed by atoms with van der Waals surface area (Å²) in [6, 6.07) is -0.00170. The van der Waals surface area contributed by atoms with Gasteiger partial charge in [0.2, 0.25) is 11.8 Å². The topological polar surface area (TPSA) is 83.6 Å². The summed E-state index contributed by atoms with van der Waals surface area (Å²) in [5.41, 5.74) is 0. The average molecular weight is 302 g/mol. The highest BCUT2D eigenvalue weighted by Crippen LogP contribution is 2.22. The molecule has 6 nitrogen and oxygen atoms in total. The molecule has 2 aliphatic rings. The molecule has 2 aliphatic heterocycles. The van der Waals surface area contributed by atoms with Crippen LogP contribution in [0.15, 0.2) is 0 Å². The van der Waals surface area contributed by atoms with Crippen LogP contribution in [-0.2, 0) is 19.4 Å². The van der Waals surface area contributed by atoms with Gasteiger partial charge in [0.15, 0.2) is 9.84 Å². The second-order valence-corrected chi connectivity index (χ2v) is 7.87. The number of carbonyl (C=O) groups excluding carboxylic acids is 2. The summed E-state index contributed by atoms with van der Waals surface area (Å²) < 4.78 is 22.9. The van der Waals surface area contributed by atoms with E-state index in [0.29, 0.717) is 25.9 Å². The third-order valence-corrected chi connectivity index (χ3v) is 5.77. The Bertz CT molecular complexity index is 489. The molecule has 0 radical (unpaired) electrons. The van der Waals surface area contributed by atoms with Crippen LogP contribution in [0.25, 0.3) is 0 Å². The Hall–Kier alpha value is -1.11. The largest absolute Gasteiger partial charge is 0.352 e. The van der Waals surface area contributed by atoms with Crippen LogP contribution in [0.2, 0.25) is 0 Å². The normalized spacial score (nSPS) is 29.1. The van der Waals surface area contributed by atoms with Crippen LogP contribution in [0.5, 0.6) is 0 Å². The van der Waals surface area contributed by atoms with Crippen molar-refractivity contribution in [1.29, 1.82) is 0 Å². The number of sulfone groups is 1. The van der Waals surface area contributed by atoms with Crippen molar-refractivity contribution in [2.24, 2.45) is 5.92 Å².